The number of nitrogens with one attached hydrogen (secondary N) is 1. The molecule has 2 heterocycles. The van der Waals surface area contributed by atoms with Crippen LogP contribution in [0.2, 0.25) is 0 Å². The van der Waals surface area contributed by atoms with Gasteiger partial charge in [-0.15, -0.1) is 0 Å². The normalized spacial score (nSPS) is 15.1. The van der Waals surface area contributed by atoms with Crippen LogP contribution in [-0.4, -0.2) is 35.0 Å². The van der Waals surface area contributed by atoms with E-state index < -0.39 is 0 Å². The number of pyridine rings is 1. The topological polar surface area (TPSA) is 71.5 Å². The quantitative estimate of drug-likeness (QED) is 0.633. The minimum absolute atomic E-state index is 0.0122. The molecule has 0 spiro atoms. The van der Waals surface area contributed by atoms with Gasteiger partial charge in [0.25, 0.3) is 0 Å². The van der Waals surface area contributed by atoms with Crippen LogP contribution >= 0.6 is 0 Å². The Balaban J connectivity index is 1.32. The zero-order valence-corrected chi connectivity index (χ0v) is 17.9. The zero-order valence-electron chi connectivity index (χ0n) is 17.9. The van der Waals surface area contributed by atoms with E-state index in [1.807, 2.05) is 78.9 Å². The minimum atomic E-state index is -0.330. The number of carbonyl (C=O) groups is 2. The Bertz CT molecular complexity index is 965. The van der Waals surface area contributed by atoms with Crippen molar-refractivity contribution in [3.05, 3.63) is 102 Å². The van der Waals surface area contributed by atoms with Gasteiger partial charge in [0.05, 0.1) is 11.7 Å². The molecule has 3 aromatic rings. The Morgan fingerprint density at radius 3 is 2.25 bits per heavy atom. The number of likely N-dealkylation sites (tertiary alicyclic amines) is 1. The molecule has 1 unspecified atom stereocenters. The van der Waals surface area contributed by atoms with Crippen molar-refractivity contribution >= 4 is 12.0 Å². The minimum Gasteiger partial charge on any atom is -0.445 e. The average molecular weight is 430 g/mol. The van der Waals surface area contributed by atoms with Gasteiger partial charge in [0.2, 0.25) is 5.91 Å². The van der Waals surface area contributed by atoms with E-state index >= 15 is 0 Å². The summed E-state index contributed by atoms with van der Waals surface area (Å²) in [6, 6.07) is 24.9. The van der Waals surface area contributed by atoms with Gasteiger partial charge in [-0.1, -0.05) is 66.7 Å². The first-order valence-corrected chi connectivity index (χ1v) is 10.9. The summed E-state index contributed by atoms with van der Waals surface area (Å²) in [5.41, 5.74) is 2.74. The first kappa shape index (κ1) is 21.6. The van der Waals surface area contributed by atoms with E-state index in [-0.39, 0.29) is 30.6 Å². The van der Waals surface area contributed by atoms with E-state index in [0.717, 1.165) is 16.8 Å². The summed E-state index contributed by atoms with van der Waals surface area (Å²) in [5.74, 6) is -0.162. The monoisotopic (exact) mass is 429 g/mol. The number of benzene rings is 2. The maximum absolute atomic E-state index is 13.1. The number of carbonyl (C=O) groups excluding carboxylic acids is 2. The predicted molar refractivity (Wildman–Crippen MR) is 122 cm³/mol. The van der Waals surface area contributed by atoms with Crippen LogP contribution in [0.4, 0.5) is 4.79 Å². The molecule has 0 saturated carbocycles. The standard InChI is InChI=1S/C26H27N3O3/c30-25(28-24(21-11-5-2-6-12-21)23-13-7-8-16-27-23)22-14-17-29(18-15-22)26(31)32-19-20-9-3-1-4-10-20/h1-13,16,22,24H,14-15,17-19H2,(H,28,30). The first-order chi connectivity index (χ1) is 15.7. The summed E-state index contributed by atoms with van der Waals surface area (Å²) in [5, 5.41) is 3.17. The van der Waals surface area contributed by atoms with Gasteiger partial charge >= 0.3 is 6.09 Å². The molecule has 2 amide bonds. The summed E-state index contributed by atoms with van der Waals surface area (Å²) in [6.45, 7) is 1.26. The lowest BCUT2D eigenvalue weighted by atomic mass is 9.94. The van der Waals surface area contributed by atoms with E-state index in [0.29, 0.717) is 25.9 Å². The zero-order chi connectivity index (χ0) is 22.2. The number of hydrogen-bond donors (Lipinski definition) is 1. The number of nitrogens with zero attached hydrogens (tertiary/aromatic N) is 2. The molecule has 6 heteroatoms. The first-order valence-electron chi connectivity index (χ1n) is 10.9. The number of aromatic nitrogens is 1. The molecule has 6 nitrogen and oxygen atoms in total. The highest BCUT2D eigenvalue weighted by Gasteiger charge is 2.30. The van der Waals surface area contributed by atoms with Crippen molar-refractivity contribution < 1.29 is 14.3 Å². The number of amides is 2. The Morgan fingerprint density at radius 2 is 1.59 bits per heavy atom. The molecule has 32 heavy (non-hydrogen) atoms. The van der Waals surface area contributed by atoms with E-state index in [2.05, 4.69) is 10.3 Å². The Labute approximate surface area is 188 Å². The Kier molecular flexibility index (Phi) is 7.12. The number of ether oxygens (including phenoxy) is 1. The second kappa shape index (κ2) is 10.6. The molecule has 0 radical (unpaired) electrons. The third kappa shape index (κ3) is 5.52. The van der Waals surface area contributed by atoms with E-state index in [4.69, 9.17) is 4.74 Å². The van der Waals surface area contributed by atoms with Gasteiger partial charge in [-0.25, -0.2) is 4.79 Å². The van der Waals surface area contributed by atoms with Crippen LogP contribution in [0, 0.1) is 5.92 Å². The third-order valence-corrected chi connectivity index (χ3v) is 5.73. The summed E-state index contributed by atoms with van der Waals surface area (Å²) in [7, 11) is 0. The molecule has 4 rings (SSSR count). The molecule has 0 bridgehead atoms. The summed E-state index contributed by atoms with van der Waals surface area (Å²) < 4.78 is 5.42. The van der Waals surface area contributed by atoms with E-state index in [1.54, 1.807) is 11.1 Å². The van der Waals surface area contributed by atoms with Gasteiger partial charge in [0.1, 0.15) is 6.61 Å². The molecule has 1 fully saturated rings. The van der Waals surface area contributed by atoms with Crippen molar-refractivity contribution in [2.24, 2.45) is 5.92 Å². The molecule has 1 aliphatic heterocycles. The van der Waals surface area contributed by atoms with Crippen LogP contribution in [0.3, 0.4) is 0 Å². The van der Waals surface area contributed by atoms with Crippen molar-refractivity contribution in [2.45, 2.75) is 25.5 Å². The van der Waals surface area contributed by atoms with Gasteiger partial charge in [0.15, 0.2) is 0 Å². The van der Waals surface area contributed by atoms with Gasteiger partial charge in [-0.3, -0.25) is 9.78 Å². The fourth-order valence-electron chi connectivity index (χ4n) is 3.92. The van der Waals surface area contributed by atoms with Gasteiger partial charge < -0.3 is 15.0 Å². The lowest BCUT2D eigenvalue weighted by Crippen LogP contribution is -2.44. The molecule has 1 aromatic heterocycles. The smallest absolute Gasteiger partial charge is 0.410 e. The molecule has 0 aliphatic carbocycles. The van der Waals surface area contributed by atoms with E-state index in [9.17, 15) is 9.59 Å². The Morgan fingerprint density at radius 1 is 0.938 bits per heavy atom. The van der Waals surface area contributed by atoms with E-state index in [1.165, 1.54) is 0 Å². The number of piperidine rings is 1. The summed E-state index contributed by atoms with van der Waals surface area (Å²) in [6.07, 6.45) is 2.62. The predicted octanol–water partition coefficient (Wildman–Crippen LogP) is 4.34. The SMILES string of the molecule is O=C(NC(c1ccccc1)c1ccccn1)C1CCN(C(=O)OCc2ccccc2)CC1. The maximum Gasteiger partial charge on any atom is 0.410 e. The molecule has 1 saturated heterocycles. The van der Waals surface area contributed by atoms with Crippen molar-refractivity contribution in [3.63, 3.8) is 0 Å². The van der Waals surface area contributed by atoms with Gasteiger partial charge in [0, 0.05) is 25.2 Å². The second-order valence-corrected chi connectivity index (χ2v) is 7.91. The lowest BCUT2D eigenvalue weighted by Gasteiger charge is -2.31. The molecule has 1 atom stereocenters. The fourth-order valence-corrected chi connectivity index (χ4v) is 3.92. The highest BCUT2D eigenvalue weighted by atomic mass is 16.6. The van der Waals surface area contributed by atoms with Crippen LogP contribution in [-0.2, 0) is 16.1 Å². The highest BCUT2D eigenvalue weighted by Crippen LogP contribution is 2.24. The summed E-state index contributed by atoms with van der Waals surface area (Å²) >= 11 is 0. The van der Waals surface area contributed by atoms with Crippen molar-refractivity contribution in [3.8, 4) is 0 Å². The molecule has 164 valence electrons. The molecular weight excluding hydrogens is 402 g/mol. The van der Waals surface area contributed by atoms with Crippen LogP contribution in [0.5, 0.6) is 0 Å². The summed E-state index contributed by atoms with van der Waals surface area (Å²) in [4.78, 5) is 31.6. The molecule has 2 aromatic carbocycles. The van der Waals surface area contributed by atoms with Crippen LogP contribution in [0.1, 0.15) is 35.7 Å². The van der Waals surface area contributed by atoms with Gasteiger partial charge in [-0.05, 0) is 36.1 Å². The Hall–Kier alpha value is -3.67. The molecule has 1 aliphatic rings. The maximum atomic E-state index is 13.1. The van der Waals surface area contributed by atoms with Crippen molar-refractivity contribution in [1.82, 2.24) is 15.2 Å². The van der Waals surface area contributed by atoms with Crippen LogP contribution in [0.25, 0.3) is 0 Å². The molecule has 1 N–H and O–H groups in total. The number of rotatable bonds is 6. The third-order valence-electron chi connectivity index (χ3n) is 5.73. The fraction of sp³-hybridized carbons (Fsp3) is 0.269. The van der Waals surface area contributed by atoms with Crippen molar-refractivity contribution in [2.75, 3.05) is 13.1 Å². The molecular formula is C26H27N3O3. The second-order valence-electron chi connectivity index (χ2n) is 7.91. The largest absolute Gasteiger partial charge is 0.445 e. The lowest BCUT2D eigenvalue weighted by molar-refractivity contribution is -0.126. The highest BCUT2D eigenvalue weighted by molar-refractivity contribution is 5.80. The average Bonchev–Trinajstić information content (AvgIpc) is 2.87. The van der Waals surface area contributed by atoms with Crippen LogP contribution < -0.4 is 5.32 Å². The van der Waals surface area contributed by atoms with Gasteiger partial charge in [-0.2, -0.15) is 0 Å². The van der Waals surface area contributed by atoms with Crippen LogP contribution in [0.15, 0.2) is 85.1 Å². The van der Waals surface area contributed by atoms with Crippen molar-refractivity contribution in [1.29, 1.82) is 0 Å². The number of hydrogen-bond acceptors (Lipinski definition) is 4.